The number of carbonyl (C=O) groups is 1. The Balaban J connectivity index is 2.27. The Hall–Kier alpha value is -2.39. The zero-order valence-electron chi connectivity index (χ0n) is 21.8. The topological polar surface area (TPSA) is 137 Å². The van der Waals surface area contributed by atoms with Gasteiger partial charge in [0, 0.05) is 46.0 Å². The normalized spacial score (nSPS) is 11.1. The molecule has 0 fully saturated rings. The number of hydrogen-bond acceptors (Lipinski definition) is 12. The Labute approximate surface area is 217 Å². The maximum atomic E-state index is 11.9. The van der Waals surface area contributed by atoms with Crippen LogP contribution >= 0.6 is 0 Å². The number of nitro benzene ring substituents is 1. The highest BCUT2D eigenvalue weighted by molar-refractivity contribution is 5.63. The number of non-ortho nitro benzene ring substituents is 1. The van der Waals surface area contributed by atoms with E-state index in [1.807, 2.05) is 0 Å². The lowest BCUT2D eigenvalue weighted by atomic mass is 10.3. The number of hydrogen-bond donors (Lipinski definition) is 0. The highest BCUT2D eigenvalue weighted by Gasteiger charge is 2.10. The van der Waals surface area contributed by atoms with Gasteiger partial charge >= 0.3 is 6.16 Å². The summed E-state index contributed by atoms with van der Waals surface area (Å²) in [7, 11) is 3.25. The first kappa shape index (κ1) is 32.6. The molecule has 37 heavy (non-hydrogen) atoms. The summed E-state index contributed by atoms with van der Waals surface area (Å²) in [6.45, 7) is 7.37. The number of nitrogens with zero attached hydrogens (tertiary/aromatic N) is 2. The van der Waals surface area contributed by atoms with Crippen LogP contribution in [0, 0.1) is 10.1 Å². The molecule has 0 saturated carbocycles. The van der Waals surface area contributed by atoms with Crippen molar-refractivity contribution in [3.8, 4) is 5.75 Å². The fraction of sp³-hybridized carbons (Fsp3) is 0.708. The molecule has 13 nitrogen and oxygen atoms in total. The molecule has 0 aliphatic heterocycles. The van der Waals surface area contributed by atoms with Crippen molar-refractivity contribution in [3.63, 3.8) is 0 Å². The molecule has 1 aromatic rings. The van der Waals surface area contributed by atoms with E-state index in [1.54, 1.807) is 14.2 Å². The molecule has 0 radical (unpaired) electrons. The molecule has 0 aromatic heterocycles. The SMILES string of the molecule is COCCOCCOCCN(CCCOC(=O)Oc1ccc([N+](=O)[O-])cc1)CCOCCOCCOC. The van der Waals surface area contributed by atoms with Gasteiger partial charge in [0.2, 0.25) is 0 Å². The molecule has 0 N–H and O–H groups in total. The van der Waals surface area contributed by atoms with Crippen LogP contribution < -0.4 is 4.74 Å². The van der Waals surface area contributed by atoms with Gasteiger partial charge in [0.25, 0.3) is 5.69 Å². The molecule has 0 unspecified atom stereocenters. The Morgan fingerprint density at radius 2 is 1.22 bits per heavy atom. The van der Waals surface area contributed by atoms with Gasteiger partial charge < -0.3 is 37.9 Å². The first-order valence-corrected chi connectivity index (χ1v) is 12.2. The average molecular weight is 533 g/mol. The minimum Gasteiger partial charge on any atom is -0.434 e. The molecule has 13 heteroatoms. The van der Waals surface area contributed by atoms with E-state index in [0.29, 0.717) is 92.1 Å². The third-order valence-electron chi connectivity index (χ3n) is 4.80. The fourth-order valence-corrected chi connectivity index (χ4v) is 2.86. The fourth-order valence-electron chi connectivity index (χ4n) is 2.86. The van der Waals surface area contributed by atoms with E-state index in [9.17, 15) is 14.9 Å². The maximum Gasteiger partial charge on any atom is 0.513 e. The van der Waals surface area contributed by atoms with Gasteiger partial charge in [-0.3, -0.25) is 15.0 Å². The summed E-state index contributed by atoms with van der Waals surface area (Å²) < 4.78 is 42.0. The van der Waals surface area contributed by atoms with Gasteiger partial charge in [0.15, 0.2) is 0 Å². The minimum atomic E-state index is -0.867. The standard InChI is InChI=1S/C24H40N2O11/c1-30-14-16-34-20-18-32-12-9-25(10-13-33-19-21-35-17-15-31-2)8-3-11-36-24(27)37-23-6-4-22(5-7-23)26(28)29/h4-7H,3,8-21H2,1-2H3. The summed E-state index contributed by atoms with van der Waals surface area (Å²) >= 11 is 0. The van der Waals surface area contributed by atoms with E-state index in [1.165, 1.54) is 24.3 Å². The lowest BCUT2D eigenvalue weighted by Gasteiger charge is -2.22. The van der Waals surface area contributed by atoms with Crippen molar-refractivity contribution in [2.75, 3.05) is 107 Å². The summed E-state index contributed by atoms with van der Waals surface area (Å²) in [4.78, 5) is 24.2. The van der Waals surface area contributed by atoms with Crippen LogP contribution in [0.15, 0.2) is 24.3 Å². The summed E-state index contributed by atoms with van der Waals surface area (Å²) in [5.41, 5.74) is -0.0917. The number of benzene rings is 1. The van der Waals surface area contributed by atoms with Crippen LogP contribution in [0.2, 0.25) is 0 Å². The van der Waals surface area contributed by atoms with Crippen LogP contribution in [-0.4, -0.2) is 123 Å². The number of carbonyl (C=O) groups excluding carboxylic acids is 1. The molecule has 0 saturated heterocycles. The van der Waals surface area contributed by atoms with Crippen LogP contribution in [-0.2, 0) is 33.2 Å². The minimum absolute atomic E-state index is 0.0917. The van der Waals surface area contributed by atoms with Crippen LogP contribution in [0.5, 0.6) is 5.75 Å². The Bertz CT molecular complexity index is 686. The second-order valence-electron chi connectivity index (χ2n) is 7.58. The first-order valence-electron chi connectivity index (χ1n) is 12.2. The highest BCUT2D eigenvalue weighted by atomic mass is 16.7. The van der Waals surface area contributed by atoms with Crippen LogP contribution in [0.1, 0.15) is 6.42 Å². The summed E-state index contributed by atoms with van der Waals surface area (Å²) in [6.07, 6.45) is -0.288. The second-order valence-corrected chi connectivity index (χ2v) is 7.58. The van der Waals surface area contributed by atoms with Crippen LogP contribution in [0.4, 0.5) is 10.5 Å². The maximum absolute atomic E-state index is 11.9. The molecule has 0 heterocycles. The predicted octanol–water partition coefficient (Wildman–Crippen LogP) is 2.16. The quantitative estimate of drug-likeness (QED) is 0.0634. The van der Waals surface area contributed by atoms with Crippen molar-refractivity contribution in [3.05, 3.63) is 34.4 Å². The molecule has 1 rings (SSSR count). The number of methoxy groups -OCH3 is 2. The summed E-state index contributed by atoms with van der Waals surface area (Å²) in [5.74, 6) is 0.170. The second kappa shape index (κ2) is 22.8. The van der Waals surface area contributed by atoms with Gasteiger partial charge in [0.05, 0.1) is 77.6 Å². The molecule has 0 aliphatic carbocycles. The van der Waals surface area contributed by atoms with Crippen molar-refractivity contribution in [1.29, 1.82) is 0 Å². The van der Waals surface area contributed by atoms with Gasteiger partial charge in [-0.15, -0.1) is 0 Å². The lowest BCUT2D eigenvalue weighted by molar-refractivity contribution is -0.384. The lowest BCUT2D eigenvalue weighted by Crippen LogP contribution is -2.33. The Kier molecular flexibility index (Phi) is 20.1. The number of rotatable bonds is 24. The van der Waals surface area contributed by atoms with Gasteiger partial charge in [-0.05, 0) is 18.6 Å². The largest absolute Gasteiger partial charge is 0.513 e. The van der Waals surface area contributed by atoms with Gasteiger partial charge in [0.1, 0.15) is 5.75 Å². The summed E-state index contributed by atoms with van der Waals surface area (Å²) in [5, 5.41) is 10.7. The highest BCUT2D eigenvalue weighted by Crippen LogP contribution is 2.17. The average Bonchev–Trinajstić information content (AvgIpc) is 2.89. The van der Waals surface area contributed by atoms with E-state index in [4.69, 9.17) is 37.9 Å². The smallest absolute Gasteiger partial charge is 0.434 e. The number of nitro groups is 1. The third-order valence-corrected chi connectivity index (χ3v) is 4.80. The molecule has 0 aliphatic rings. The Morgan fingerprint density at radius 1 is 0.730 bits per heavy atom. The van der Waals surface area contributed by atoms with Crippen molar-refractivity contribution in [1.82, 2.24) is 4.90 Å². The third kappa shape index (κ3) is 18.5. The van der Waals surface area contributed by atoms with Crippen molar-refractivity contribution < 1.29 is 47.6 Å². The molecular weight excluding hydrogens is 492 g/mol. The van der Waals surface area contributed by atoms with Crippen molar-refractivity contribution in [2.24, 2.45) is 0 Å². The van der Waals surface area contributed by atoms with Gasteiger partial charge in [-0.2, -0.15) is 0 Å². The van der Waals surface area contributed by atoms with E-state index < -0.39 is 11.1 Å². The van der Waals surface area contributed by atoms with E-state index in [2.05, 4.69) is 4.90 Å². The number of ether oxygens (including phenoxy) is 8. The molecule has 1 aromatic carbocycles. The van der Waals surface area contributed by atoms with Crippen molar-refractivity contribution >= 4 is 11.8 Å². The molecule has 0 amide bonds. The molecule has 0 atom stereocenters. The van der Waals surface area contributed by atoms with E-state index in [-0.39, 0.29) is 18.0 Å². The molecular formula is C24H40N2O11. The van der Waals surface area contributed by atoms with E-state index in [0.717, 1.165) is 0 Å². The molecule has 212 valence electrons. The van der Waals surface area contributed by atoms with Gasteiger partial charge in [-0.25, -0.2) is 4.79 Å². The van der Waals surface area contributed by atoms with E-state index >= 15 is 0 Å². The van der Waals surface area contributed by atoms with Crippen LogP contribution in [0.25, 0.3) is 0 Å². The van der Waals surface area contributed by atoms with Crippen LogP contribution in [0.3, 0.4) is 0 Å². The zero-order chi connectivity index (χ0) is 27.0. The molecule has 0 bridgehead atoms. The first-order chi connectivity index (χ1) is 18.1. The summed E-state index contributed by atoms with van der Waals surface area (Å²) in [6, 6.07) is 5.18. The monoisotopic (exact) mass is 532 g/mol. The predicted molar refractivity (Wildman–Crippen MR) is 133 cm³/mol. The Morgan fingerprint density at radius 3 is 1.70 bits per heavy atom. The molecule has 0 spiro atoms. The van der Waals surface area contributed by atoms with Crippen molar-refractivity contribution in [2.45, 2.75) is 6.42 Å². The van der Waals surface area contributed by atoms with Gasteiger partial charge in [-0.1, -0.05) is 0 Å². The zero-order valence-corrected chi connectivity index (χ0v) is 21.8.